The Morgan fingerprint density at radius 2 is 2.06 bits per heavy atom. The lowest BCUT2D eigenvalue weighted by atomic mass is 9.85. The Bertz CT molecular complexity index is 345. The molecule has 3 rings (SSSR count). The summed E-state index contributed by atoms with van der Waals surface area (Å²) >= 11 is 0. The zero-order valence-corrected chi connectivity index (χ0v) is 9.61. The summed E-state index contributed by atoms with van der Waals surface area (Å²) in [6, 6.07) is 11.3. The van der Waals surface area contributed by atoms with E-state index in [-0.39, 0.29) is 5.72 Å². The van der Waals surface area contributed by atoms with Gasteiger partial charge in [-0.05, 0) is 37.7 Å². The maximum absolute atomic E-state index is 5.86. The lowest BCUT2D eigenvalue weighted by Crippen LogP contribution is -2.60. The molecule has 1 spiro atoms. The van der Waals surface area contributed by atoms with E-state index in [0.29, 0.717) is 6.04 Å². The monoisotopic (exact) mass is 217 g/mol. The third-order valence-corrected chi connectivity index (χ3v) is 3.80. The van der Waals surface area contributed by atoms with Crippen molar-refractivity contribution >= 4 is 0 Å². The SMILES string of the molecule is c1ccc(CC2CCOC3(CCC3)N2)cc1. The van der Waals surface area contributed by atoms with E-state index >= 15 is 0 Å². The number of hydrogen-bond donors (Lipinski definition) is 1. The summed E-state index contributed by atoms with van der Waals surface area (Å²) in [5.74, 6) is 0. The van der Waals surface area contributed by atoms with E-state index in [0.717, 1.165) is 19.4 Å². The zero-order chi connectivity index (χ0) is 10.8. The molecule has 1 aromatic rings. The van der Waals surface area contributed by atoms with Gasteiger partial charge in [0.15, 0.2) is 0 Å². The molecule has 86 valence electrons. The highest BCUT2D eigenvalue weighted by molar-refractivity contribution is 5.16. The third-order valence-electron chi connectivity index (χ3n) is 3.80. The van der Waals surface area contributed by atoms with Gasteiger partial charge in [0.1, 0.15) is 5.72 Å². The molecule has 0 amide bonds. The van der Waals surface area contributed by atoms with Crippen LogP contribution in [0.3, 0.4) is 0 Å². The Hall–Kier alpha value is -0.860. The van der Waals surface area contributed by atoms with Gasteiger partial charge in [-0.1, -0.05) is 30.3 Å². The van der Waals surface area contributed by atoms with Crippen molar-refractivity contribution in [2.24, 2.45) is 0 Å². The van der Waals surface area contributed by atoms with Crippen LogP contribution < -0.4 is 5.32 Å². The van der Waals surface area contributed by atoms with E-state index in [1.54, 1.807) is 0 Å². The molecule has 0 bridgehead atoms. The number of hydrogen-bond acceptors (Lipinski definition) is 2. The molecular formula is C14H19NO. The van der Waals surface area contributed by atoms with E-state index in [2.05, 4.69) is 35.6 Å². The summed E-state index contributed by atoms with van der Waals surface area (Å²) in [5.41, 5.74) is 1.48. The minimum atomic E-state index is 0.0533. The predicted molar refractivity (Wildman–Crippen MR) is 64.2 cm³/mol. The van der Waals surface area contributed by atoms with Gasteiger partial charge in [0.2, 0.25) is 0 Å². The number of nitrogens with one attached hydrogen (secondary N) is 1. The van der Waals surface area contributed by atoms with Crippen LogP contribution in [-0.4, -0.2) is 18.4 Å². The summed E-state index contributed by atoms with van der Waals surface area (Å²) in [6.45, 7) is 0.921. The molecule has 0 radical (unpaired) electrons. The van der Waals surface area contributed by atoms with Gasteiger partial charge in [0.25, 0.3) is 0 Å². The molecule has 1 unspecified atom stereocenters. The van der Waals surface area contributed by atoms with Gasteiger partial charge in [0, 0.05) is 6.04 Å². The van der Waals surface area contributed by atoms with E-state index in [9.17, 15) is 0 Å². The molecule has 1 aromatic carbocycles. The first kappa shape index (κ1) is 10.3. The van der Waals surface area contributed by atoms with E-state index in [1.165, 1.54) is 24.8 Å². The summed E-state index contributed by atoms with van der Waals surface area (Å²) in [5, 5.41) is 3.69. The fourth-order valence-corrected chi connectivity index (χ4v) is 2.72. The maximum atomic E-state index is 5.86. The predicted octanol–water partition coefficient (Wildman–Crippen LogP) is 2.49. The zero-order valence-electron chi connectivity index (χ0n) is 9.61. The first-order chi connectivity index (χ1) is 7.86. The maximum Gasteiger partial charge on any atom is 0.119 e. The van der Waals surface area contributed by atoms with Gasteiger partial charge in [-0.25, -0.2) is 0 Å². The molecule has 1 N–H and O–H groups in total. The average molecular weight is 217 g/mol. The second-order valence-electron chi connectivity index (χ2n) is 5.02. The van der Waals surface area contributed by atoms with Gasteiger partial charge in [-0.15, -0.1) is 0 Å². The minimum Gasteiger partial charge on any atom is -0.361 e. The van der Waals surface area contributed by atoms with Crippen molar-refractivity contribution < 1.29 is 4.74 Å². The lowest BCUT2D eigenvalue weighted by Gasteiger charge is -2.48. The molecule has 2 nitrogen and oxygen atoms in total. The van der Waals surface area contributed by atoms with Crippen LogP contribution in [0.15, 0.2) is 30.3 Å². The highest BCUT2D eigenvalue weighted by Gasteiger charge is 2.41. The number of ether oxygens (including phenoxy) is 1. The van der Waals surface area contributed by atoms with Gasteiger partial charge in [-0.3, -0.25) is 5.32 Å². The Balaban J connectivity index is 1.63. The van der Waals surface area contributed by atoms with Gasteiger partial charge >= 0.3 is 0 Å². The topological polar surface area (TPSA) is 21.3 Å². The van der Waals surface area contributed by atoms with Crippen LogP contribution in [0.25, 0.3) is 0 Å². The van der Waals surface area contributed by atoms with Crippen molar-refractivity contribution in [2.75, 3.05) is 6.61 Å². The molecule has 1 saturated heterocycles. The number of rotatable bonds is 2. The van der Waals surface area contributed by atoms with Crippen LogP contribution in [0, 0.1) is 0 Å². The second kappa shape index (κ2) is 4.19. The average Bonchev–Trinajstić information content (AvgIpc) is 2.29. The second-order valence-corrected chi connectivity index (χ2v) is 5.02. The van der Waals surface area contributed by atoms with Crippen LogP contribution >= 0.6 is 0 Å². The van der Waals surface area contributed by atoms with Crippen molar-refractivity contribution in [3.8, 4) is 0 Å². The molecule has 1 saturated carbocycles. The van der Waals surface area contributed by atoms with Crippen molar-refractivity contribution in [3.63, 3.8) is 0 Å². The molecule has 1 aliphatic heterocycles. The van der Waals surface area contributed by atoms with Crippen molar-refractivity contribution in [2.45, 2.75) is 43.9 Å². The van der Waals surface area contributed by atoms with Crippen LogP contribution in [0.1, 0.15) is 31.2 Å². The van der Waals surface area contributed by atoms with Gasteiger partial charge in [0.05, 0.1) is 6.61 Å². The first-order valence-electron chi connectivity index (χ1n) is 6.32. The summed E-state index contributed by atoms with van der Waals surface area (Å²) in [7, 11) is 0. The van der Waals surface area contributed by atoms with Crippen LogP contribution in [0.5, 0.6) is 0 Å². The molecular weight excluding hydrogens is 198 g/mol. The largest absolute Gasteiger partial charge is 0.361 e. The molecule has 1 atom stereocenters. The summed E-state index contributed by atoms with van der Waals surface area (Å²) < 4.78 is 5.86. The fraction of sp³-hybridized carbons (Fsp3) is 0.571. The van der Waals surface area contributed by atoms with Gasteiger partial charge < -0.3 is 4.74 Å². The van der Waals surface area contributed by atoms with Crippen LogP contribution in [0.2, 0.25) is 0 Å². The standard InChI is InChI=1S/C14H19NO/c1-2-5-12(6-3-1)11-13-7-10-16-14(15-13)8-4-9-14/h1-3,5-6,13,15H,4,7-11H2. The molecule has 1 heterocycles. The lowest BCUT2D eigenvalue weighted by molar-refractivity contribution is -0.156. The van der Waals surface area contributed by atoms with Crippen LogP contribution in [-0.2, 0) is 11.2 Å². The molecule has 16 heavy (non-hydrogen) atoms. The first-order valence-corrected chi connectivity index (χ1v) is 6.32. The summed E-state index contributed by atoms with van der Waals surface area (Å²) in [4.78, 5) is 0. The molecule has 0 aromatic heterocycles. The highest BCUT2D eigenvalue weighted by atomic mass is 16.5. The fourth-order valence-electron chi connectivity index (χ4n) is 2.72. The summed E-state index contributed by atoms with van der Waals surface area (Å²) in [6.07, 6.45) is 5.96. The molecule has 1 aliphatic carbocycles. The van der Waals surface area contributed by atoms with E-state index in [4.69, 9.17) is 4.74 Å². The Kier molecular flexibility index (Phi) is 2.70. The van der Waals surface area contributed by atoms with Crippen LogP contribution in [0.4, 0.5) is 0 Å². The molecule has 2 aliphatic rings. The van der Waals surface area contributed by atoms with Crippen molar-refractivity contribution in [1.29, 1.82) is 0 Å². The normalized spacial score (nSPS) is 27.6. The van der Waals surface area contributed by atoms with Crippen molar-refractivity contribution in [1.82, 2.24) is 5.32 Å². The van der Waals surface area contributed by atoms with E-state index < -0.39 is 0 Å². The Morgan fingerprint density at radius 1 is 1.25 bits per heavy atom. The van der Waals surface area contributed by atoms with Gasteiger partial charge in [-0.2, -0.15) is 0 Å². The van der Waals surface area contributed by atoms with E-state index in [1.807, 2.05) is 0 Å². The highest BCUT2D eigenvalue weighted by Crippen LogP contribution is 2.36. The Labute approximate surface area is 97.0 Å². The quantitative estimate of drug-likeness (QED) is 0.821. The Morgan fingerprint density at radius 3 is 2.75 bits per heavy atom. The molecule has 2 fully saturated rings. The third kappa shape index (κ3) is 2.00. The van der Waals surface area contributed by atoms with Crippen molar-refractivity contribution in [3.05, 3.63) is 35.9 Å². The number of benzene rings is 1. The minimum absolute atomic E-state index is 0.0533. The molecule has 2 heteroatoms. The smallest absolute Gasteiger partial charge is 0.119 e.